The first-order chi connectivity index (χ1) is 8.48. The van der Waals surface area contributed by atoms with E-state index in [0.717, 1.165) is 25.7 Å². The standard InChI is InChI=1S/C13H20N2O3/c1-9-3-5-13(17,6-4-9)8-14-12(16)11-7-10(2)15-18-11/h7,9,17H,3-6,8H2,1-2H3,(H,14,16). The normalized spacial score (nSPS) is 28.1. The molecule has 0 aromatic carbocycles. The van der Waals surface area contributed by atoms with Crippen molar-refractivity contribution < 1.29 is 14.4 Å². The molecule has 1 heterocycles. The number of carbonyl (C=O) groups excluding carboxylic acids is 1. The lowest BCUT2D eigenvalue weighted by atomic mass is 9.79. The summed E-state index contributed by atoms with van der Waals surface area (Å²) in [4.78, 5) is 11.8. The number of aliphatic hydroxyl groups is 1. The van der Waals surface area contributed by atoms with E-state index in [4.69, 9.17) is 4.52 Å². The van der Waals surface area contributed by atoms with Gasteiger partial charge in [0.2, 0.25) is 5.76 Å². The molecule has 1 aromatic heterocycles. The smallest absolute Gasteiger partial charge is 0.290 e. The lowest BCUT2D eigenvalue weighted by molar-refractivity contribution is -0.00563. The van der Waals surface area contributed by atoms with Crippen LogP contribution in [-0.2, 0) is 0 Å². The minimum absolute atomic E-state index is 0.195. The summed E-state index contributed by atoms with van der Waals surface area (Å²) in [6.45, 7) is 4.23. The number of hydrogen-bond acceptors (Lipinski definition) is 4. The van der Waals surface area contributed by atoms with Crippen LogP contribution in [0.15, 0.2) is 10.6 Å². The maximum absolute atomic E-state index is 11.8. The predicted octanol–water partition coefficient (Wildman–Crippen LogP) is 1.65. The second-order valence-electron chi connectivity index (χ2n) is 5.42. The Bertz CT molecular complexity index is 420. The van der Waals surface area contributed by atoms with Crippen molar-refractivity contribution in [3.8, 4) is 0 Å². The van der Waals surface area contributed by atoms with Crippen LogP contribution >= 0.6 is 0 Å². The second kappa shape index (κ2) is 5.10. The molecule has 100 valence electrons. The molecule has 1 fully saturated rings. The Morgan fingerprint density at radius 2 is 2.28 bits per heavy atom. The molecule has 1 aromatic rings. The number of carbonyl (C=O) groups is 1. The van der Waals surface area contributed by atoms with E-state index in [1.54, 1.807) is 13.0 Å². The first-order valence-electron chi connectivity index (χ1n) is 6.42. The van der Waals surface area contributed by atoms with Gasteiger partial charge in [-0.3, -0.25) is 4.79 Å². The van der Waals surface area contributed by atoms with Crippen LogP contribution < -0.4 is 5.32 Å². The monoisotopic (exact) mass is 252 g/mol. The topological polar surface area (TPSA) is 75.4 Å². The largest absolute Gasteiger partial charge is 0.388 e. The highest BCUT2D eigenvalue weighted by Crippen LogP contribution is 2.31. The van der Waals surface area contributed by atoms with Crippen molar-refractivity contribution in [3.63, 3.8) is 0 Å². The molecular weight excluding hydrogens is 232 g/mol. The summed E-state index contributed by atoms with van der Waals surface area (Å²) < 4.78 is 4.87. The van der Waals surface area contributed by atoms with Crippen molar-refractivity contribution in [2.75, 3.05) is 6.54 Å². The van der Waals surface area contributed by atoms with Gasteiger partial charge in [-0.1, -0.05) is 12.1 Å². The molecule has 0 bridgehead atoms. The molecule has 5 heteroatoms. The van der Waals surface area contributed by atoms with E-state index in [1.165, 1.54) is 0 Å². The zero-order valence-corrected chi connectivity index (χ0v) is 10.9. The van der Waals surface area contributed by atoms with Gasteiger partial charge < -0.3 is 14.9 Å². The molecular formula is C13H20N2O3. The van der Waals surface area contributed by atoms with Gasteiger partial charge in [-0.2, -0.15) is 0 Å². The van der Waals surface area contributed by atoms with Crippen LogP contribution in [0, 0.1) is 12.8 Å². The fraction of sp³-hybridized carbons (Fsp3) is 0.692. The Balaban J connectivity index is 1.86. The molecule has 0 atom stereocenters. The van der Waals surface area contributed by atoms with Crippen LogP contribution in [0.2, 0.25) is 0 Å². The van der Waals surface area contributed by atoms with Gasteiger partial charge in [-0.25, -0.2) is 0 Å². The number of nitrogens with zero attached hydrogens (tertiary/aromatic N) is 1. The van der Waals surface area contributed by atoms with E-state index in [0.29, 0.717) is 11.6 Å². The molecule has 0 spiro atoms. The van der Waals surface area contributed by atoms with E-state index in [-0.39, 0.29) is 18.2 Å². The summed E-state index contributed by atoms with van der Waals surface area (Å²) in [5.41, 5.74) is -0.0950. The van der Waals surface area contributed by atoms with Crippen molar-refractivity contribution in [2.45, 2.75) is 45.1 Å². The first-order valence-corrected chi connectivity index (χ1v) is 6.42. The van der Waals surface area contributed by atoms with Crippen molar-refractivity contribution in [2.24, 2.45) is 5.92 Å². The quantitative estimate of drug-likeness (QED) is 0.857. The fourth-order valence-electron chi connectivity index (χ4n) is 2.28. The molecule has 1 aliphatic rings. The molecule has 18 heavy (non-hydrogen) atoms. The van der Waals surface area contributed by atoms with Crippen molar-refractivity contribution in [1.29, 1.82) is 0 Å². The van der Waals surface area contributed by atoms with E-state index in [9.17, 15) is 9.90 Å². The van der Waals surface area contributed by atoms with Crippen LogP contribution in [0.4, 0.5) is 0 Å². The third-order valence-corrected chi connectivity index (χ3v) is 3.63. The molecule has 1 amide bonds. The van der Waals surface area contributed by atoms with Crippen LogP contribution in [0.1, 0.15) is 48.9 Å². The molecule has 0 radical (unpaired) electrons. The lowest BCUT2D eigenvalue weighted by Gasteiger charge is -2.34. The molecule has 0 unspecified atom stereocenters. The summed E-state index contributed by atoms with van der Waals surface area (Å²) in [5.74, 6) is 0.542. The number of amides is 1. The van der Waals surface area contributed by atoms with Gasteiger partial charge in [-0.05, 0) is 38.5 Å². The average Bonchev–Trinajstić information content (AvgIpc) is 2.77. The van der Waals surface area contributed by atoms with Crippen molar-refractivity contribution >= 4 is 5.91 Å². The van der Waals surface area contributed by atoms with Crippen LogP contribution in [-0.4, -0.2) is 28.3 Å². The second-order valence-corrected chi connectivity index (χ2v) is 5.42. The van der Waals surface area contributed by atoms with E-state index >= 15 is 0 Å². The Morgan fingerprint density at radius 1 is 1.61 bits per heavy atom. The van der Waals surface area contributed by atoms with Gasteiger partial charge in [-0.15, -0.1) is 0 Å². The lowest BCUT2D eigenvalue weighted by Crippen LogP contribution is -2.45. The third kappa shape index (κ3) is 3.10. The molecule has 0 saturated heterocycles. The molecule has 1 aliphatic carbocycles. The van der Waals surface area contributed by atoms with Gasteiger partial charge in [0.25, 0.3) is 5.91 Å². The molecule has 0 aliphatic heterocycles. The van der Waals surface area contributed by atoms with E-state index in [2.05, 4.69) is 17.4 Å². The zero-order chi connectivity index (χ0) is 13.2. The summed E-state index contributed by atoms with van der Waals surface area (Å²) in [7, 11) is 0. The van der Waals surface area contributed by atoms with Gasteiger partial charge in [0.15, 0.2) is 0 Å². The Labute approximate surface area is 107 Å². The minimum Gasteiger partial charge on any atom is -0.388 e. The number of rotatable bonds is 3. The summed E-state index contributed by atoms with van der Waals surface area (Å²) in [5, 5.41) is 16.7. The van der Waals surface area contributed by atoms with Gasteiger partial charge in [0, 0.05) is 12.6 Å². The Morgan fingerprint density at radius 3 is 2.83 bits per heavy atom. The zero-order valence-electron chi connectivity index (χ0n) is 10.9. The molecule has 1 saturated carbocycles. The highest BCUT2D eigenvalue weighted by Gasteiger charge is 2.32. The number of aromatic nitrogens is 1. The molecule has 5 nitrogen and oxygen atoms in total. The summed E-state index contributed by atoms with van der Waals surface area (Å²) >= 11 is 0. The highest BCUT2D eigenvalue weighted by atomic mass is 16.5. The minimum atomic E-state index is -0.767. The number of aryl methyl sites for hydroxylation is 1. The average molecular weight is 252 g/mol. The summed E-state index contributed by atoms with van der Waals surface area (Å²) in [6.07, 6.45) is 3.50. The van der Waals surface area contributed by atoms with Gasteiger partial charge in [0.1, 0.15) is 0 Å². The van der Waals surface area contributed by atoms with E-state index in [1.807, 2.05) is 0 Å². The summed E-state index contributed by atoms with van der Waals surface area (Å²) in [6, 6.07) is 1.59. The van der Waals surface area contributed by atoms with Crippen molar-refractivity contribution in [3.05, 3.63) is 17.5 Å². The third-order valence-electron chi connectivity index (χ3n) is 3.63. The Kier molecular flexibility index (Phi) is 3.71. The molecule has 2 N–H and O–H groups in total. The van der Waals surface area contributed by atoms with Gasteiger partial charge in [0.05, 0.1) is 11.3 Å². The SMILES string of the molecule is Cc1cc(C(=O)NCC2(O)CCC(C)CC2)on1. The first kappa shape index (κ1) is 13.1. The number of nitrogens with one attached hydrogen (secondary N) is 1. The maximum Gasteiger partial charge on any atom is 0.290 e. The fourth-order valence-corrected chi connectivity index (χ4v) is 2.28. The molecule has 2 rings (SSSR count). The Hall–Kier alpha value is -1.36. The van der Waals surface area contributed by atoms with Crippen LogP contribution in [0.5, 0.6) is 0 Å². The maximum atomic E-state index is 11.8. The van der Waals surface area contributed by atoms with Gasteiger partial charge >= 0.3 is 0 Å². The predicted molar refractivity (Wildman–Crippen MR) is 66.2 cm³/mol. The van der Waals surface area contributed by atoms with E-state index < -0.39 is 5.60 Å². The van der Waals surface area contributed by atoms with Crippen LogP contribution in [0.25, 0.3) is 0 Å². The van der Waals surface area contributed by atoms with Crippen LogP contribution in [0.3, 0.4) is 0 Å². The number of hydrogen-bond donors (Lipinski definition) is 2. The van der Waals surface area contributed by atoms with Crippen molar-refractivity contribution in [1.82, 2.24) is 10.5 Å². The highest BCUT2D eigenvalue weighted by molar-refractivity contribution is 5.91.